The molecule has 0 nitrogen and oxygen atoms in total. The van der Waals surface area contributed by atoms with Crippen LogP contribution >= 0.6 is 17.0 Å². The summed E-state index contributed by atoms with van der Waals surface area (Å²) in [6, 6.07) is 29.2. The van der Waals surface area contributed by atoms with E-state index in [0.717, 1.165) is 0 Å². The Morgan fingerprint density at radius 1 is 0.674 bits per heavy atom. The summed E-state index contributed by atoms with van der Waals surface area (Å²) >= 11 is -4.80. The van der Waals surface area contributed by atoms with Crippen LogP contribution in [0.15, 0.2) is 90.0 Å². The first-order chi connectivity index (χ1) is 20.3. The molecule has 0 amide bonds. The van der Waals surface area contributed by atoms with E-state index in [-0.39, 0.29) is 7.25 Å². The van der Waals surface area contributed by atoms with Gasteiger partial charge in [0, 0.05) is 0 Å². The van der Waals surface area contributed by atoms with Crippen molar-refractivity contribution in [3.05, 3.63) is 129 Å². The van der Waals surface area contributed by atoms with Gasteiger partial charge in [-0.15, -0.1) is 0 Å². The number of hydrogen-bond donors (Lipinski definition) is 0. The molecule has 0 N–H and O–H groups in total. The van der Waals surface area contributed by atoms with Gasteiger partial charge in [0.2, 0.25) is 0 Å². The van der Waals surface area contributed by atoms with Crippen LogP contribution in [-0.4, -0.2) is 5.92 Å². The van der Waals surface area contributed by atoms with Crippen LogP contribution in [-0.2, 0) is 15.6 Å². The van der Waals surface area contributed by atoms with Crippen molar-refractivity contribution in [1.29, 1.82) is 0 Å². The van der Waals surface area contributed by atoms with Crippen LogP contribution in [0, 0.1) is 26.7 Å². The Labute approximate surface area is 267 Å². The second-order valence-electron chi connectivity index (χ2n) is 13.7. The molecule has 0 radical (unpaired) electrons. The molecular formula is C39H43Cl2SiZr. The third-order valence-corrected chi connectivity index (χ3v) is 62.2. The first kappa shape index (κ1) is 31.0. The second kappa shape index (κ2) is 11.1. The van der Waals surface area contributed by atoms with Crippen molar-refractivity contribution in [1.82, 2.24) is 0 Å². The molecule has 0 aromatic heterocycles. The molecule has 4 aromatic rings. The Kier molecular flexibility index (Phi) is 8.04. The summed E-state index contributed by atoms with van der Waals surface area (Å²) in [6.45, 7) is 18.4. The summed E-state index contributed by atoms with van der Waals surface area (Å²) in [5, 5.41) is 0. The van der Waals surface area contributed by atoms with Crippen molar-refractivity contribution in [2.24, 2.45) is 5.92 Å². The average molecular weight is 702 g/mol. The van der Waals surface area contributed by atoms with E-state index in [2.05, 4.69) is 146 Å². The predicted molar refractivity (Wildman–Crippen MR) is 190 cm³/mol. The summed E-state index contributed by atoms with van der Waals surface area (Å²) in [6.07, 6.45) is 4.90. The van der Waals surface area contributed by atoms with Crippen molar-refractivity contribution in [3.8, 4) is 22.3 Å². The fourth-order valence-corrected chi connectivity index (χ4v) is 40.3. The zero-order valence-electron chi connectivity index (χ0n) is 26.7. The molecule has 0 saturated heterocycles. The number of hydrogen-bond acceptors (Lipinski definition) is 0. The number of allylic oxidation sites excluding steroid dienone is 2. The molecule has 4 aromatic carbocycles. The molecule has 2 aliphatic carbocycles. The third kappa shape index (κ3) is 4.87. The zero-order chi connectivity index (χ0) is 30.9. The van der Waals surface area contributed by atoms with Gasteiger partial charge < -0.3 is 0 Å². The van der Waals surface area contributed by atoms with E-state index in [1.807, 2.05) is 0 Å². The molecule has 2 unspecified atom stereocenters. The molecule has 2 atom stereocenters. The van der Waals surface area contributed by atoms with Crippen molar-refractivity contribution in [3.63, 3.8) is 0 Å². The topological polar surface area (TPSA) is 0 Å². The average Bonchev–Trinajstić information content (AvgIpc) is 3.53. The quantitative estimate of drug-likeness (QED) is 0.176. The number of rotatable bonds is 6. The van der Waals surface area contributed by atoms with E-state index < -0.39 is 21.5 Å². The molecule has 0 aliphatic heterocycles. The van der Waals surface area contributed by atoms with Crippen molar-refractivity contribution < 1.29 is 15.6 Å². The van der Waals surface area contributed by atoms with Crippen LogP contribution in [0.2, 0.25) is 13.1 Å². The van der Waals surface area contributed by atoms with Crippen LogP contribution in [0.3, 0.4) is 0 Å². The fraction of sp³-hybridized carbons (Fsp3) is 0.282. The molecule has 221 valence electrons. The number of fused-ring (bicyclic) bond motifs is 2. The molecular weight excluding hydrogens is 659 g/mol. The fourth-order valence-electron chi connectivity index (χ4n) is 8.04. The molecule has 0 bridgehead atoms. The Hall–Kier alpha value is -1.96. The van der Waals surface area contributed by atoms with Crippen LogP contribution in [0.4, 0.5) is 0 Å². The van der Waals surface area contributed by atoms with Gasteiger partial charge in [-0.1, -0.05) is 0 Å². The normalized spacial score (nSPS) is 18.7. The Bertz CT molecular complexity index is 1830. The minimum atomic E-state index is -4.80. The Morgan fingerprint density at radius 3 is 1.81 bits per heavy atom. The molecule has 4 heteroatoms. The third-order valence-electron chi connectivity index (χ3n) is 10.2. The summed E-state index contributed by atoms with van der Waals surface area (Å²) in [7, 11) is 17.2. The predicted octanol–water partition coefficient (Wildman–Crippen LogP) is 12.2. The maximum absolute atomic E-state index is 8.61. The monoisotopic (exact) mass is 699 g/mol. The summed E-state index contributed by atoms with van der Waals surface area (Å²) < 4.78 is 0.189. The molecule has 0 spiro atoms. The molecule has 6 rings (SSSR count). The van der Waals surface area contributed by atoms with Gasteiger partial charge in [-0.05, 0) is 0 Å². The van der Waals surface area contributed by atoms with E-state index >= 15 is 0 Å². The zero-order valence-corrected chi connectivity index (χ0v) is 31.9. The van der Waals surface area contributed by atoms with Gasteiger partial charge in [0.1, 0.15) is 0 Å². The molecule has 2 aliphatic rings. The molecule has 0 heterocycles. The first-order valence-corrected chi connectivity index (χ1v) is 32.0. The molecule has 43 heavy (non-hydrogen) atoms. The van der Waals surface area contributed by atoms with Crippen molar-refractivity contribution in [2.45, 2.75) is 61.9 Å². The number of halogens is 2. The van der Waals surface area contributed by atoms with Gasteiger partial charge in [-0.2, -0.15) is 0 Å². The Morgan fingerprint density at radius 2 is 1.26 bits per heavy atom. The van der Waals surface area contributed by atoms with Crippen LogP contribution in [0.25, 0.3) is 34.4 Å². The van der Waals surface area contributed by atoms with E-state index in [0.29, 0.717) is 5.92 Å². The van der Waals surface area contributed by atoms with Crippen LogP contribution < -0.4 is 0 Å². The van der Waals surface area contributed by atoms with Crippen molar-refractivity contribution >= 4 is 35.1 Å². The minimum absolute atomic E-state index is 0.0944. The van der Waals surface area contributed by atoms with Gasteiger partial charge in [0.15, 0.2) is 0 Å². The summed E-state index contributed by atoms with van der Waals surface area (Å²) in [5.41, 5.74) is 17.1. The standard InChI is InChI=1S/C19H19.C18H17.C2H7Si.2ClH.Zr/c1-13(2)17-11-16-8-5-9-18(19(16)12-17)15-7-4-6-14(3)10-15;1-12-5-4-6-15(9-12)16-8-7-14(3)17-10-13(2)11-18(16)17;1-3-2;;;/h4-13H,1-3H3;4-11H,1-3H3;3H,1-2H3;2*1H;/q;;;;;+2/p-2. The molecule has 0 saturated carbocycles. The van der Waals surface area contributed by atoms with Gasteiger partial charge in [-0.3, -0.25) is 0 Å². The van der Waals surface area contributed by atoms with Gasteiger partial charge in [0.05, 0.1) is 0 Å². The number of aryl methyl sites for hydroxylation is 3. The van der Waals surface area contributed by atoms with Crippen molar-refractivity contribution in [2.75, 3.05) is 0 Å². The number of benzene rings is 4. The van der Waals surface area contributed by atoms with E-state index in [1.54, 1.807) is 0 Å². The molecule has 0 fully saturated rings. The summed E-state index contributed by atoms with van der Waals surface area (Å²) in [5.74, 6) is -1.26. The summed E-state index contributed by atoms with van der Waals surface area (Å²) in [4.78, 5) is 0. The van der Waals surface area contributed by atoms with Gasteiger partial charge >= 0.3 is 270 Å². The van der Waals surface area contributed by atoms with Gasteiger partial charge in [0.25, 0.3) is 0 Å². The second-order valence-corrected chi connectivity index (χ2v) is 56.2. The Balaban J connectivity index is 1.61. The SMILES string of the molecule is CC1=Cc2c(-c3cccc(C)c3)ccc(C)c2[CH]1[Zr]([Cl])([Cl])([CH]1C(C(C)C)=Cc2c(-c3cccc(C)c3)cccc21)[SiH](C)C. The van der Waals surface area contributed by atoms with E-state index in [9.17, 15) is 0 Å². The van der Waals surface area contributed by atoms with E-state index in [4.69, 9.17) is 17.0 Å². The van der Waals surface area contributed by atoms with Gasteiger partial charge in [-0.25, -0.2) is 0 Å². The van der Waals surface area contributed by atoms with Crippen LogP contribution in [0.5, 0.6) is 0 Å². The maximum atomic E-state index is 8.61. The van der Waals surface area contributed by atoms with E-state index in [1.165, 1.54) is 72.3 Å². The first-order valence-electron chi connectivity index (χ1n) is 15.7. The van der Waals surface area contributed by atoms with Crippen LogP contribution in [0.1, 0.15) is 67.0 Å².